The van der Waals surface area contributed by atoms with Gasteiger partial charge in [0.1, 0.15) is 12.4 Å². The van der Waals surface area contributed by atoms with Crippen LogP contribution in [0.4, 0.5) is 0 Å². The lowest BCUT2D eigenvalue weighted by Gasteiger charge is -2.21. The molecule has 2 rings (SSSR count). The maximum Gasteiger partial charge on any atom is 0.170 e. The molecular weight excluding hydrogens is 340 g/mol. The highest BCUT2D eigenvalue weighted by atomic mass is 79.9. The zero-order valence-electron chi connectivity index (χ0n) is 14.0. The summed E-state index contributed by atoms with van der Waals surface area (Å²) in [4.78, 5) is 12.1. The highest BCUT2D eigenvalue weighted by Gasteiger charge is 2.18. The molecule has 1 aliphatic rings. The van der Waals surface area contributed by atoms with Gasteiger partial charge in [0.15, 0.2) is 5.78 Å². The Hall–Kier alpha value is -0.830. The third-order valence-electron chi connectivity index (χ3n) is 4.43. The fourth-order valence-electron chi connectivity index (χ4n) is 3.01. The van der Waals surface area contributed by atoms with Crippen LogP contribution in [0.15, 0.2) is 22.7 Å². The smallest absolute Gasteiger partial charge is 0.170 e. The lowest BCUT2D eigenvalue weighted by Crippen LogP contribution is -2.18. The summed E-state index contributed by atoms with van der Waals surface area (Å²) in [6, 6.07) is 6.12. The largest absolute Gasteiger partial charge is 0.485 e. The van der Waals surface area contributed by atoms with Crippen molar-refractivity contribution >= 4 is 21.7 Å². The van der Waals surface area contributed by atoms with Crippen molar-refractivity contribution < 1.29 is 9.53 Å². The zero-order chi connectivity index (χ0) is 16.2. The molecule has 0 unspecified atom stereocenters. The predicted octanol–water partition coefficient (Wildman–Crippen LogP) is 5.66. The summed E-state index contributed by atoms with van der Waals surface area (Å²) >= 11 is 3.55. The van der Waals surface area contributed by atoms with E-state index in [2.05, 4.69) is 48.8 Å². The molecule has 22 heavy (non-hydrogen) atoms. The maximum atomic E-state index is 12.1. The van der Waals surface area contributed by atoms with Crippen LogP contribution in [-0.4, -0.2) is 12.4 Å². The van der Waals surface area contributed by atoms with E-state index in [4.69, 9.17) is 4.74 Å². The van der Waals surface area contributed by atoms with Gasteiger partial charge < -0.3 is 4.74 Å². The van der Waals surface area contributed by atoms with Crippen molar-refractivity contribution in [2.45, 2.75) is 64.7 Å². The minimum Gasteiger partial charge on any atom is -0.485 e. The van der Waals surface area contributed by atoms with Crippen LogP contribution < -0.4 is 4.74 Å². The molecule has 3 heteroatoms. The summed E-state index contributed by atoms with van der Waals surface area (Å²) in [6.45, 7) is 6.74. The van der Waals surface area contributed by atoms with Crippen molar-refractivity contribution in [3.63, 3.8) is 0 Å². The van der Waals surface area contributed by atoms with Crippen LogP contribution in [0, 0.1) is 5.92 Å². The number of ether oxygens (including phenoxy) is 1. The zero-order valence-corrected chi connectivity index (χ0v) is 15.5. The molecule has 1 aromatic rings. The molecule has 0 bridgehead atoms. The van der Waals surface area contributed by atoms with Crippen LogP contribution in [0.2, 0.25) is 0 Å². The van der Waals surface area contributed by atoms with Gasteiger partial charge in [-0.15, -0.1) is 0 Å². The number of Topliss-reactive ketones (excluding diaryl/α,β-unsaturated/α-hetero) is 1. The Morgan fingerprint density at radius 3 is 2.50 bits per heavy atom. The molecule has 0 N–H and O–H groups in total. The number of ketones is 1. The van der Waals surface area contributed by atoms with Crippen molar-refractivity contribution in [3.05, 3.63) is 28.2 Å². The molecule has 0 amide bonds. The van der Waals surface area contributed by atoms with E-state index < -0.39 is 0 Å². The lowest BCUT2D eigenvalue weighted by molar-refractivity contribution is -0.122. The van der Waals surface area contributed by atoms with Gasteiger partial charge in [-0.1, -0.05) is 58.9 Å². The first-order chi connectivity index (χ1) is 10.4. The molecule has 2 nitrogen and oxygen atoms in total. The van der Waals surface area contributed by atoms with Crippen LogP contribution in [0.1, 0.15) is 64.9 Å². The van der Waals surface area contributed by atoms with Crippen LogP contribution in [0.25, 0.3) is 0 Å². The Bertz CT molecular complexity index is 511. The first kappa shape index (κ1) is 17.5. The van der Waals surface area contributed by atoms with Crippen LogP contribution in [0.5, 0.6) is 5.75 Å². The molecule has 0 saturated heterocycles. The van der Waals surface area contributed by atoms with Gasteiger partial charge in [-0.2, -0.15) is 0 Å². The Morgan fingerprint density at radius 1 is 1.23 bits per heavy atom. The average molecular weight is 367 g/mol. The van der Waals surface area contributed by atoms with E-state index in [1.54, 1.807) is 0 Å². The van der Waals surface area contributed by atoms with Gasteiger partial charge in [-0.25, -0.2) is 0 Å². The number of rotatable bonds is 5. The summed E-state index contributed by atoms with van der Waals surface area (Å²) in [6.07, 6.45) is 6.97. The van der Waals surface area contributed by atoms with Crippen molar-refractivity contribution in [1.29, 1.82) is 0 Å². The Kier molecular flexibility index (Phi) is 6.08. The molecule has 0 radical (unpaired) electrons. The van der Waals surface area contributed by atoms with Gasteiger partial charge in [0.05, 0.1) is 4.47 Å². The number of carbonyl (C=O) groups excluding carboxylic acids is 1. The molecule has 122 valence electrons. The third kappa shape index (κ3) is 5.12. The summed E-state index contributed by atoms with van der Waals surface area (Å²) in [7, 11) is 0. The molecule has 1 fully saturated rings. The standard InChI is InChI=1S/C19H27BrO2/c1-19(2,3)15-9-10-18(17(20)12-15)22-13-16(21)11-14-7-5-4-6-8-14/h9-10,12,14H,4-8,11,13H2,1-3H3. The Balaban J connectivity index is 1.87. The molecule has 1 aromatic carbocycles. The Morgan fingerprint density at radius 2 is 1.91 bits per heavy atom. The molecule has 0 spiro atoms. The van der Waals surface area contributed by atoms with Crippen LogP contribution in [-0.2, 0) is 10.2 Å². The van der Waals surface area contributed by atoms with E-state index in [1.807, 2.05) is 6.07 Å². The second-order valence-corrected chi connectivity index (χ2v) is 8.29. The van der Waals surface area contributed by atoms with Crippen molar-refractivity contribution in [2.24, 2.45) is 5.92 Å². The molecule has 1 saturated carbocycles. The number of carbonyl (C=O) groups is 1. The SMILES string of the molecule is CC(C)(C)c1ccc(OCC(=O)CC2CCCCC2)c(Br)c1. The van der Waals surface area contributed by atoms with Crippen molar-refractivity contribution in [1.82, 2.24) is 0 Å². The number of hydrogen-bond acceptors (Lipinski definition) is 2. The molecule has 0 heterocycles. The quantitative estimate of drug-likeness (QED) is 0.671. The van der Waals surface area contributed by atoms with Gasteiger partial charge >= 0.3 is 0 Å². The molecule has 0 atom stereocenters. The van der Waals surface area contributed by atoms with E-state index in [0.29, 0.717) is 12.3 Å². The number of hydrogen-bond donors (Lipinski definition) is 0. The summed E-state index contributed by atoms with van der Waals surface area (Å²) in [5, 5.41) is 0. The lowest BCUT2D eigenvalue weighted by atomic mass is 9.86. The van der Waals surface area contributed by atoms with Gasteiger partial charge in [-0.3, -0.25) is 4.79 Å². The first-order valence-corrected chi connectivity index (χ1v) is 9.10. The fourth-order valence-corrected chi connectivity index (χ4v) is 3.51. The monoisotopic (exact) mass is 366 g/mol. The van der Waals surface area contributed by atoms with E-state index in [1.165, 1.54) is 37.7 Å². The second-order valence-electron chi connectivity index (χ2n) is 7.43. The van der Waals surface area contributed by atoms with E-state index >= 15 is 0 Å². The molecular formula is C19H27BrO2. The first-order valence-electron chi connectivity index (χ1n) is 8.31. The topological polar surface area (TPSA) is 26.3 Å². The van der Waals surface area contributed by atoms with Crippen molar-refractivity contribution in [3.8, 4) is 5.75 Å². The highest BCUT2D eigenvalue weighted by molar-refractivity contribution is 9.10. The minimum atomic E-state index is 0.109. The summed E-state index contributed by atoms with van der Waals surface area (Å²) in [5.74, 6) is 1.56. The van der Waals surface area contributed by atoms with E-state index in [9.17, 15) is 4.79 Å². The van der Waals surface area contributed by atoms with Crippen LogP contribution in [0.3, 0.4) is 0 Å². The predicted molar refractivity (Wildman–Crippen MR) is 94.5 cm³/mol. The van der Waals surface area contributed by atoms with Gasteiger partial charge in [-0.05, 0) is 45.0 Å². The fraction of sp³-hybridized carbons (Fsp3) is 0.632. The van der Waals surface area contributed by atoms with Gasteiger partial charge in [0, 0.05) is 6.42 Å². The average Bonchev–Trinajstić information content (AvgIpc) is 2.46. The third-order valence-corrected chi connectivity index (χ3v) is 5.05. The molecule has 0 aromatic heterocycles. The molecule has 0 aliphatic heterocycles. The maximum absolute atomic E-state index is 12.1. The number of halogens is 1. The summed E-state index contributed by atoms with van der Waals surface area (Å²) < 4.78 is 6.63. The normalized spacial score (nSPS) is 16.5. The van der Waals surface area contributed by atoms with E-state index in [0.717, 1.165) is 10.2 Å². The highest BCUT2D eigenvalue weighted by Crippen LogP contribution is 2.32. The Labute approximate surface area is 142 Å². The summed E-state index contributed by atoms with van der Waals surface area (Å²) in [5.41, 5.74) is 1.36. The van der Waals surface area contributed by atoms with Gasteiger partial charge in [0.25, 0.3) is 0 Å². The second kappa shape index (κ2) is 7.63. The van der Waals surface area contributed by atoms with Gasteiger partial charge in [0.2, 0.25) is 0 Å². The van der Waals surface area contributed by atoms with E-state index in [-0.39, 0.29) is 17.8 Å². The minimum absolute atomic E-state index is 0.109. The van der Waals surface area contributed by atoms with Crippen molar-refractivity contribution in [2.75, 3.05) is 6.61 Å². The molecule has 1 aliphatic carbocycles. The van der Waals surface area contributed by atoms with Crippen LogP contribution >= 0.6 is 15.9 Å². The number of benzene rings is 1.